The molecular weight excluding hydrogens is 829 g/mol. The van der Waals surface area contributed by atoms with Gasteiger partial charge in [0, 0.05) is 11.1 Å². The van der Waals surface area contributed by atoms with Gasteiger partial charge in [-0.25, -0.2) is 14.5 Å². The summed E-state index contributed by atoms with van der Waals surface area (Å²) < 4.78 is 22.7. The molecule has 4 N–H and O–H groups in total. The van der Waals surface area contributed by atoms with Crippen LogP contribution in [0.3, 0.4) is 0 Å². The Bertz CT molecular complexity index is 2680. The van der Waals surface area contributed by atoms with Crippen LogP contribution in [0.1, 0.15) is 65.4 Å². The number of carbonyl (C=O) groups is 5. The Balaban J connectivity index is 1.43. The second-order valence-electron chi connectivity index (χ2n) is 16.4. The van der Waals surface area contributed by atoms with Gasteiger partial charge in [0.05, 0.1) is 44.5 Å². The van der Waals surface area contributed by atoms with Gasteiger partial charge in [0.15, 0.2) is 0 Å². The Morgan fingerprint density at radius 2 is 1.45 bits per heavy atom. The van der Waals surface area contributed by atoms with Gasteiger partial charge in [0.1, 0.15) is 41.7 Å². The number of imide groups is 1. The third kappa shape index (κ3) is 7.83. The molecule has 0 radical (unpaired) electrons. The molecular formula is C51H48N4O10. The molecule has 5 aromatic rings. The lowest BCUT2D eigenvalue weighted by molar-refractivity contribution is -0.178. The number of aliphatic hydroxyl groups is 1. The lowest BCUT2D eigenvalue weighted by atomic mass is 9.65. The topological polar surface area (TPSA) is 187 Å². The second kappa shape index (κ2) is 18.3. The van der Waals surface area contributed by atoms with Gasteiger partial charge in [0.25, 0.3) is 0 Å². The summed E-state index contributed by atoms with van der Waals surface area (Å²) in [5, 5.41) is 12.4. The predicted octanol–water partition coefficient (Wildman–Crippen LogP) is 5.52. The Morgan fingerprint density at radius 3 is 2.08 bits per heavy atom. The smallest absolute Gasteiger partial charge is 0.329 e. The van der Waals surface area contributed by atoms with Crippen LogP contribution in [0, 0.1) is 23.7 Å². The van der Waals surface area contributed by atoms with Crippen molar-refractivity contribution in [3.05, 3.63) is 161 Å². The van der Waals surface area contributed by atoms with E-state index in [1.807, 2.05) is 65.6 Å². The number of ether oxygens (including phenoxy) is 4. The molecule has 3 heterocycles. The minimum absolute atomic E-state index is 0.0479. The zero-order chi connectivity index (χ0) is 46.0. The van der Waals surface area contributed by atoms with Crippen molar-refractivity contribution in [2.24, 2.45) is 17.6 Å². The van der Waals surface area contributed by atoms with Gasteiger partial charge in [0.2, 0.25) is 11.8 Å². The van der Waals surface area contributed by atoms with Crippen molar-refractivity contribution < 1.29 is 48.0 Å². The van der Waals surface area contributed by atoms with Crippen LogP contribution in [0.2, 0.25) is 0 Å². The second-order valence-corrected chi connectivity index (χ2v) is 16.4. The summed E-state index contributed by atoms with van der Waals surface area (Å²) in [7, 11) is 2.76. The molecule has 14 nitrogen and oxygen atoms in total. The minimum Gasteiger partial charge on any atom is -0.497 e. The van der Waals surface area contributed by atoms with Crippen LogP contribution in [-0.2, 0) is 34.1 Å². The van der Waals surface area contributed by atoms with E-state index in [1.165, 1.54) is 7.11 Å². The number of cyclic esters (lactones) is 1. The number of morpholine rings is 1. The maximum absolute atomic E-state index is 16.2. The van der Waals surface area contributed by atoms with Crippen molar-refractivity contribution in [3.8, 4) is 23.3 Å². The number of nitrogens with one attached hydrogen (secondary N) is 1. The lowest BCUT2D eigenvalue weighted by Gasteiger charge is -2.46. The number of esters is 2. The van der Waals surface area contributed by atoms with E-state index in [9.17, 15) is 24.3 Å². The fourth-order valence-corrected chi connectivity index (χ4v) is 9.59. The van der Waals surface area contributed by atoms with E-state index in [-0.39, 0.29) is 24.5 Å². The number of fused-ring (bicyclic) bond motifs is 3. The summed E-state index contributed by atoms with van der Waals surface area (Å²) in [6.45, 7) is 3.10. The summed E-state index contributed by atoms with van der Waals surface area (Å²) in [4.78, 5) is 76.4. The van der Waals surface area contributed by atoms with E-state index in [2.05, 4.69) is 17.2 Å². The van der Waals surface area contributed by atoms with Gasteiger partial charge < -0.3 is 35.1 Å². The first-order valence-electron chi connectivity index (χ1n) is 21.2. The monoisotopic (exact) mass is 876 g/mol. The highest BCUT2D eigenvalue weighted by Crippen LogP contribution is 2.66. The SMILES string of the molecule is COC(=O)[C@@H](NC(=O)N1C(=O)[C@@]2(c3cc(C#Cc4ccc(OC)cc4)ccc31)[C@H](C(N)=O)[C@H]1C(=O)O[C@H](c3ccccc3)[C@H](c3ccccc3)N1[C@@H]2c1cccc(OCCO)c1)C(C)C. The first kappa shape index (κ1) is 44.1. The van der Waals surface area contributed by atoms with Crippen LogP contribution in [0.25, 0.3) is 0 Å². The number of amides is 4. The van der Waals surface area contributed by atoms with Crippen LogP contribution < -0.4 is 25.4 Å². The van der Waals surface area contributed by atoms with Crippen molar-refractivity contribution in [3.63, 3.8) is 0 Å². The summed E-state index contributed by atoms with van der Waals surface area (Å²) in [6.07, 6.45) is -0.953. The number of nitrogens with two attached hydrogens (primary N) is 1. The van der Waals surface area contributed by atoms with E-state index in [4.69, 9.17) is 24.7 Å². The maximum atomic E-state index is 16.2. The fraction of sp³-hybridized carbons (Fsp3) is 0.275. The molecule has 65 heavy (non-hydrogen) atoms. The van der Waals surface area contributed by atoms with Crippen molar-refractivity contribution >= 4 is 35.5 Å². The number of nitrogens with zero attached hydrogens (tertiary/aromatic N) is 2. The average molecular weight is 877 g/mol. The van der Waals surface area contributed by atoms with Crippen molar-refractivity contribution in [2.45, 2.75) is 49.5 Å². The summed E-state index contributed by atoms with van der Waals surface area (Å²) in [6, 6.07) is 31.7. The van der Waals surface area contributed by atoms with Crippen LogP contribution in [0.5, 0.6) is 11.5 Å². The van der Waals surface area contributed by atoms with Crippen molar-refractivity contribution in [1.82, 2.24) is 10.2 Å². The number of hydrogen-bond donors (Lipinski definition) is 3. The Hall–Kier alpha value is -7.47. The maximum Gasteiger partial charge on any atom is 0.329 e. The standard InChI is InChI=1S/C51H48N4O10/c1-30(2)41(47(58)63-4)53-50(61)54-39-25-22-32(19-18-31-20-23-36(62-3)24-21-31)28-38(39)51(49(54)60)40(46(52)57)43-48(59)65-44(34-14-9-6-10-15-34)42(33-12-7-5-8-13-33)55(43)45(51)35-16-11-17-37(29-35)64-27-26-56/h5-17,20-25,28-30,40-45,56H,26-27H2,1-4H3,(H2,52,57)(H,53,61)/t40-,41-,42-,43-,44+,45+,51-/m0/s1. The molecule has 1 spiro atoms. The van der Waals surface area contributed by atoms with Crippen LogP contribution in [-0.4, -0.2) is 79.3 Å². The number of rotatable bonds is 11. The summed E-state index contributed by atoms with van der Waals surface area (Å²) in [5.41, 5.74) is 7.52. The van der Waals surface area contributed by atoms with E-state index in [0.717, 1.165) is 4.90 Å². The average Bonchev–Trinajstić information content (AvgIpc) is 3.78. The molecule has 0 aliphatic carbocycles. The van der Waals surface area contributed by atoms with Gasteiger partial charge in [-0.1, -0.05) is 98.5 Å². The molecule has 0 unspecified atom stereocenters. The molecule has 14 heteroatoms. The zero-order valence-electron chi connectivity index (χ0n) is 36.2. The highest BCUT2D eigenvalue weighted by molar-refractivity contribution is 6.25. The quantitative estimate of drug-likeness (QED) is 0.112. The lowest BCUT2D eigenvalue weighted by Crippen LogP contribution is -2.57. The molecule has 7 atom stereocenters. The van der Waals surface area contributed by atoms with Gasteiger partial charge in [-0.15, -0.1) is 0 Å². The largest absolute Gasteiger partial charge is 0.497 e. The molecule has 2 saturated heterocycles. The van der Waals surface area contributed by atoms with Gasteiger partial charge in [-0.2, -0.15) is 0 Å². The van der Waals surface area contributed by atoms with E-state index in [0.29, 0.717) is 39.3 Å². The van der Waals surface area contributed by atoms with Crippen molar-refractivity contribution in [1.29, 1.82) is 0 Å². The third-order valence-corrected chi connectivity index (χ3v) is 12.3. The van der Waals surface area contributed by atoms with Gasteiger partial charge >= 0.3 is 18.0 Å². The third-order valence-electron chi connectivity index (χ3n) is 12.3. The zero-order valence-corrected chi connectivity index (χ0v) is 36.2. The molecule has 3 aliphatic heterocycles. The van der Waals surface area contributed by atoms with E-state index >= 15 is 4.79 Å². The molecule has 0 aromatic heterocycles. The molecule has 2 fully saturated rings. The number of methoxy groups -OCH3 is 2. The van der Waals surface area contributed by atoms with E-state index < -0.39 is 77.3 Å². The molecule has 0 bridgehead atoms. The summed E-state index contributed by atoms with van der Waals surface area (Å²) in [5.74, 6) is 1.79. The highest BCUT2D eigenvalue weighted by Gasteiger charge is 2.75. The molecule has 8 rings (SSSR count). The fourth-order valence-electron chi connectivity index (χ4n) is 9.59. The number of carbonyl (C=O) groups excluding carboxylic acids is 5. The Kier molecular flexibility index (Phi) is 12.4. The molecule has 332 valence electrons. The predicted molar refractivity (Wildman–Crippen MR) is 238 cm³/mol. The molecule has 0 saturated carbocycles. The number of benzene rings is 5. The van der Waals surface area contributed by atoms with Gasteiger partial charge in [-0.3, -0.25) is 19.3 Å². The number of primary amides is 1. The molecule has 4 amide bonds. The van der Waals surface area contributed by atoms with E-state index in [1.54, 1.807) is 87.7 Å². The Morgan fingerprint density at radius 1 is 0.800 bits per heavy atom. The van der Waals surface area contributed by atoms with Crippen molar-refractivity contribution in [2.75, 3.05) is 32.3 Å². The van der Waals surface area contributed by atoms with Crippen LogP contribution in [0.4, 0.5) is 10.5 Å². The Labute approximate surface area is 376 Å². The number of hydrogen-bond acceptors (Lipinski definition) is 11. The van der Waals surface area contributed by atoms with Crippen LogP contribution >= 0.6 is 0 Å². The first-order chi connectivity index (χ1) is 31.4. The molecule has 5 aromatic carbocycles. The number of aliphatic hydroxyl groups excluding tert-OH is 1. The van der Waals surface area contributed by atoms with Gasteiger partial charge in [-0.05, 0) is 82.8 Å². The number of anilines is 1. The number of urea groups is 1. The highest BCUT2D eigenvalue weighted by atomic mass is 16.6. The normalized spacial score (nSPS) is 22.6. The van der Waals surface area contributed by atoms with Crippen LogP contribution in [0.15, 0.2) is 127 Å². The molecule has 3 aliphatic rings. The first-order valence-corrected chi connectivity index (χ1v) is 21.2. The summed E-state index contributed by atoms with van der Waals surface area (Å²) >= 11 is 0. The minimum atomic E-state index is -2.13.